The summed E-state index contributed by atoms with van der Waals surface area (Å²) in [5.74, 6) is 1.63. The first-order valence-electron chi connectivity index (χ1n) is 8.65. The maximum absolute atomic E-state index is 10.2. The van der Waals surface area contributed by atoms with E-state index in [1.54, 1.807) is 18.4 Å². The zero-order valence-corrected chi connectivity index (χ0v) is 15.7. The second-order valence-corrected chi connectivity index (χ2v) is 6.45. The lowest BCUT2D eigenvalue weighted by Crippen LogP contribution is -2.39. The van der Waals surface area contributed by atoms with E-state index < -0.39 is 6.10 Å². The minimum Gasteiger partial charge on any atom is -0.467 e. The first-order chi connectivity index (χ1) is 11.9. The fourth-order valence-electron chi connectivity index (χ4n) is 2.71. The third kappa shape index (κ3) is 5.09. The van der Waals surface area contributed by atoms with Crippen LogP contribution in [-0.2, 0) is 13.6 Å². The second-order valence-electron chi connectivity index (χ2n) is 6.45. The van der Waals surface area contributed by atoms with Crippen LogP contribution in [0.15, 0.2) is 34.0 Å². The van der Waals surface area contributed by atoms with Gasteiger partial charge in [0.1, 0.15) is 11.9 Å². The molecule has 7 nitrogen and oxygen atoms in total. The van der Waals surface area contributed by atoms with Gasteiger partial charge in [-0.05, 0) is 25.0 Å². The van der Waals surface area contributed by atoms with Gasteiger partial charge in [-0.25, -0.2) is 4.99 Å². The van der Waals surface area contributed by atoms with E-state index in [4.69, 9.17) is 4.42 Å². The van der Waals surface area contributed by atoms with Gasteiger partial charge in [-0.2, -0.15) is 5.10 Å². The molecule has 0 aromatic carbocycles. The molecule has 1 unspecified atom stereocenters. The zero-order valence-electron chi connectivity index (χ0n) is 15.7. The van der Waals surface area contributed by atoms with Gasteiger partial charge in [-0.1, -0.05) is 13.8 Å². The molecule has 0 saturated carbocycles. The lowest BCUT2D eigenvalue weighted by Gasteiger charge is -2.22. The molecule has 0 radical (unpaired) electrons. The third-order valence-electron chi connectivity index (χ3n) is 3.87. The highest BCUT2D eigenvalue weighted by Gasteiger charge is 2.16. The molecule has 2 aromatic rings. The number of hydrogen-bond acceptors (Lipinski definition) is 4. The lowest BCUT2D eigenvalue weighted by atomic mass is 10.1. The highest BCUT2D eigenvalue weighted by molar-refractivity contribution is 5.79. The molecule has 2 rings (SSSR count). The Morgan fingerprint density at radius 3 is 2.84 bits per heavy atom. The molecule has 0 aliphatic carbocycles. The number of aliphatic hydroxyl groups excluding tert-OH is 1. The molecule has 1 atom stereocenters. The van der Waals surface area contributed by atoms with Gasteiger partial charge in [0.25, 0.3) is 0 Å². The number of aromatic nitrogens is 2. The number of aryl methyl sites for hydroxylation is 1. The van der Waals surface area contributed by atoms with E-state index in [9.17, 15) is 5.11 Å². The maximum Gasteiger partial charge on any atom is 0.194 e. The summed E-state index contributed by atoms with van der Waals surface area (Å²) < 4.78 is 7.07. The highest BCUT2D eigenvalue weighted by Crippen LogP contribution is 2.19. The number of nitrogens with zero attached hydrogens (tertiary/aromatic N) is 4. The van der Waals surface area contributed by atoms with E-state index in [2.05, 4.69) is 29.3 Å². The molecule has 0 amide bonds. The Morgan fingerprint density at radius 1 is 1.48 bits per heavy atom. The normalized spacial score (nSPS) is 13.3. The summed E-state index contributed by atoms with van der Waals surface area (Å²) in [5.41, 5.74) is 2.28. The van der Waals surface area contributed by atoms with Crippen LogP contribution < -0.4 is 5.32 Å². The van der Waals surface area contributed by atoms with Gasteiger partial charge < -0.3 is 19.7 Å². The Labute approximate surface area is 149 Å². The van der Waals surface area contributed by atoms with Gasteiger partial charge in [0.05, 0.1) is 18.5 Å². The minimum atomic E-state index is -0.748. The highest BCUT2D eigenvalue weighted by atomic mass is 16.4. The largest absolute Gasteiger partial charge is 0.467 e. The first-order valence-corrected chi connectivity index (χ1v) is 8.65. The standard InChI is InChI=1S/C18H29N5O2/c1-6-19-18(20-10-15(24)16-8-7-9-25-16)22(4)11-14-12-23(5)21-17(14)13(2)3/h7-9,12-13,15,24H,6,10-11H2,1-5H3,(H,19,20). The van der Waals surface area contributed by atoms with Crippen LogP contribution in [0.3, 0.4) is 0 Å². The predicted molar refractivity (Wildman–Crippen MR) is 98.4 cm³/mol. The summed E-state index contributed by atoms with van der Waals surface area (Å²) in [4.78, 5) is 6.58. The zero-order chi connectivity index (χ0) is 18.4. The molecule has 0 bridgehead atoms. The number of rotatable bonds is 7. The Kier molecular flexibility index (Phi) is 6.64. The Morgan fingerprint density at radius 2 is 2.24 bits per heavy atom. The van der Waals surface area contributed by atoms with Crippen molar-refractivity contribution in [2.75, 3.05) is 20.1 Å². The van der Waals surface area contributed by atoms with Gasteiger partial charge in [0.2, 0.25) is 0 Å². The van der Waals surface area contributed by atoms with E-state index in [0.717, 1.165) is 18.2 Å². The smallest absolute Gasteiger partial charge is 0.194 e. The van der Waals surface area contributed by atoms with Crippen molar-refractivity contribution in [3.63, 3.8) is 0 Å². The van der Waals surface area contributed by atoms with Crippen LogP contribution >= 0.6 is 0 Å². The quantitative estimate of drug-likeness (QED) is 0.593. The summed E-state index contributed by atoms with van der Waals surface area (Å²) in [5, 5.41) is 18.0. The van der Waals surface area contributed by atoms with Crippen molar-refractivity contribution in [3.05, 3.63) is 41.6 Å². The van der Waals surface area contributed by atoms with E-state index in [0.29, 0.717) is 18.2 Å². The van der Waals surface area contributed by atoms with Crippen molar-refractivity contribution in [1.82, 2.24) is 20.0 Å². The summed E-state index contributed by atoms with van der Waals surface area (Å²) in [6, 6.07) is 3.51. The SMILES string of the molecule is CCNC(=NCC(O)c1ccco1)N(C)Cc1cn(C)nc1C(C)C. The molecule has 0 aliphatic heterocycles. The molecular formula is C18H29N5O2. The van der Waals surface area contributed by atoms with Gasteiger partial charge >= 0.3 is 0 Å². The van der Waals surface area contributed by atoms with E-state index >= 15 is 0 Å². The van der Waals surface area contributed by atoms with Crippen LogP contribution in [0, 0.1) is 0 Å². The van der Waals surface area contributed by atoms with Crippen molar-refractivity contribution in [2.24, 2.45) is 12.0 Å². The monoisotopic (exact) mass is 347 g/mol. The fraction of sp³-hybridized carbons (Fsp3) is 0.556. The summed E-state index contributed by atoms with van der Waals surface area (Å²) in [6.07, 6.45) is 2.85. The second kappa shape index (κ2) is 8.71. The van der Waals surface area contributed by atoms with E-state index in [-0.39, 0.29) is 6.54 Å². The Hall–Kier alpha value is -2.28. The van der Waals surface area contributed by atoms with Gasteiger partial charge in [-0.15, -0.1) is 0 Å². The number of furan rings is 1. The van der Waals surface area contributed by atoms with E-state index in [1.165, 1.54) is 5.56 Å². The molecule has 7 heteroatoms. The Balaban J connectivity index is 2.09. The van der Waals surface area contributed by atoms with Crippen molar-refractivity contribution in [1.29, 1.82) is 0 Å². The number of nitrogens with one attached hydrogen (secondary N) is 1. The van der Waals surface area contributed by atoms with Gasteiger partial charge in [0, 0.05) is 38.9 Å². The van der Waals surface area contributed by atoms with Crippen molar-refractivity contribution >= 4 is 5.96 Å². The molecule has 0 aliphatic rings. The van der Waals surface area contributed by atoms with E-state index in [1.807, 2.05) is 36.8 Å². The van der Waals surface area contributed by atoms with Crippen LogP contribution in [0.1, 0.15) is 49.8 Å². The van der Waals surface area contributed by atoms with Gasteiger partial charge in [0.15, 0.2) is 5.96 Å². The van der Waals surface area contributed by atoms with Crippen molar-refractivity contribution in [3.8, 4) is 0 Å². The summed E-state index contributed by atoms with van der Waals surface area (Å²) in [6.45, 7) is 8.00. The average molecular weight is 347 g/mol. The van der Waals surface area contributed by atoms with Crippen LogP contribution in [-0.4, -0.2) is 45.9 Å². The number of guanidine groups is 1. The molecule has 138 valence electrons. The summed E-state index contributed by atoms with van der Waals surface area (Å²) in [7, 11) is 3.92. The minimum absolute atomic E-state index is 0.240. The van der Waals surface area contributed by atoms with Crippen LogP contribution in [0.4, 0.5) is 0 Å². The van der Waals surface area contributed by atoms with Crippen LogP contribution in [0.25, 0.3) is 0 Å². The van der Waals surface area contributed by atoms with Crippen LogP contribution in [0.5, 0.6) is 0 Å². The maximum atomic E-state index is 10.2. The van der Waals surface area contributed by atoms with Crippen molar-refractivity contribution in [2.45, 2.75) is 39.3 Å². The topological polar surface area (TPSA) is 78.8 Å². The van der Waals surface area contributed by atoms with Gasteiger partial charge in [-0.3, -0.25) is 4.68 Å². The summed E-state index contributed by atoms with van der Waals surface area (Å²) >= 11 is 0. The third-order valence-corrected chi connectivity index (χ3v) is 3.87. The molecule has 0 spiro atoms. The van der Waals surface area contributed by atoms with Crippen LogP contribution in [0.2, 0.25) is 0 Å². The molecule has 0 fully saturated rings. The molecule has 0 saturated heterocycles. The molecule has 2 heterocycles. The first kappa shape index (κ1) is 19.1. The Bertz CT molecular complexity index is 676. The average Bonchev–Trinajstić information content (AvgIpc) is 3.20. The molecule has 2 aromatic heterocycles. The lowest BCUT2D eigenvalue weighted by molar-refractivity contribution is 0.158. The van der Waals surface area contributed by atoms with Crippen molar-refractivity contribution < 1.29 is 9.52 Å². The fourth-order valence-corrected chi connectivity index (χ4v) is 2.71. The number of hydrogen-bond donors (Lipinski definition) is 2. The number of aliphatic imine (C=N–C) groups is 1. The molecule has 2 N–H and O–H groups in total. The predicted octanol–water partition coefficient (Wildman–Crippen LogP) is 2.27. The molecular weight excluding hydrogens is 318 g/mol. The molecule has 25 heavy (non-hydrogen) atoms. The number of aliphatic hydroxyl groups is 1.